The van der Waals surface area contributed by atoms with Gasteiger partial charge in [-0.2, -0.15) is 0 Å². The van der Waals surface area contributed by atoms with Crippen molar-refractivity contribution in [2.75, 3.05) is 19.5 Å². The quantitative estimate of drug-likeness (QED) is 0.540. The van der Waals surface area contributed by atoms with Crippen LogP contribution < -0.4 is 4.74 Å². The SMILES string of the molecule is COc1ccc(CN(Cc2ccco2)C(=O)C2=C(c3ccccc3)SCCO2)cc1. The molecule has 0 N–H and O–H groups in total. The number of nitrogens with zero attached hydrogens (tertiary/aromatic N) is 1. The van der Waals surface area contributed by atoms with Gasteiger partial charge >= 0.3 is 0 Å². The Labute approximate surface area is 180 Å². The molecule has 2 heterocycles. The van der Waals surface area contributed by atoms with Crippen molar-refractivity contribution in [3.63, 3.8) is 0 Å². The van der Waals surface area contributed by atoms with Gasteiger partial charge in [0.2, 0.25) is 0 Å². The van der Waals surface area contributed by atoms with Crippen LogP contribution in [0.2, 0.25) is 0 Å². The summed E-state index contributed by atoms with van der Waals surface area (Å²) in [5.74, 6) is 2.58. The van der Waals surface area contributed by atoms with Crippen LogP contribution in [0.15, 0.2) is 83.2 Å². The van der Waals surface area contributed by atoms with Crippen molar-refractivity contribution in [3.8, 4) is 5.75 Å². The fourth-order valence-electron chi connectivity index (χ4n) is 3.27. The smallest absolute Gasteiger partial charge is 0.290 e. The first-order valence-corrected chi connectivity index (χ1v) is 10.7. The lowest BCUT2D eigenvalue weighted by Gasteiger charge is -2.27. The van der Waals surface area contributed by atoms with E-state index in [1.807, 2.05) is 66.7 Å². The molecule has 1 aliphatic rings. The van der Waals surface area contributed by atoms with Crippen LogP contribution in [0, 0.1) is 0 Å². The molecule has 1 aliphatic heterocycles. The lowest BCUT2D eigenvalue weighted by Crippen LogP contribution is -2.33. The van der Waals surface area contributed by atoms with E-state index < -0.39 is 0 Å². The fraction of sp³-hybridized carbons (Fsp3) is 0.208. The first-order valence-electron chi connectivity index (χ1n) is 9.74. The minimum Gasteiger partial charge on any atom is -0.497 e. The van der Waals surface area contributed by atoms with Crippen molar-refractivity contribution >= 4 is 22.6 Å². The number of hydrogen-bond acceptors (Lipinski definition) is 5. The van der Waals surface area contributed by atoms with Crippen LogP contribution in [0.5, 0.6) is 5.75 Å². The lowest BCUT2D eigenvalue weighted by molar-refractivity contribution is -0.132. The molecular weight excluding hydrogens is 398 g/mol. The van der Waals surface area contributed by atoms with E-state index in [9.17, 15) is 4.79 Å². The van der Waals surface area contributed by atoms with Gasteiger partial charge in [-0.15, -0.1) is 11.8 Å². The molecule has 30 heavy (non-hydrogen) atoms. The fourth-order valence-corrected chi connectivity index (χ4v) is 4.22. The molecular formula is C24H23NO4S. The summed E-state index contributed by atoms with van der Waals surface area (Å²) in [6.45, 7) is 1.31. The minimum atomic E-state index is -0.145. The number of ether oxygens (including phenoxy) is 2. The Kier molecular flexibility index (Phi) is 6.44. The topological polar surface area (TPSA) is 51.9 Å². The molecule has 0 bridgehead atoms. The van der Waals surface area contributed by atoms with Gasteiger partial charge in [-0.25, -0.2) is 0 Å². The molecule has 0 saturated heterocycles. The summed E-state index contributed by atoms with van der Waals surface area (Å²) in [6.07, 6.45) is 1.62. The second-order valence-electron chi connectivity index (χ2n) is 6.81. The number of thioether (sulfide) groups is 1. The number of furan rings is 1. The Morgan fingerprint density at radius 3 is 2.53 bits per heavy atom. The average molecular weight is 422 g/mol. The van der Waals surface area contributed by atoms with Gasteiger partial charge in [-0.1, -0.05) is 42.5 Å². The van der Waals surface area contributed by atoms with Crippen LogP contribution in [-0.4, -0.2) is 30.3 Å². The van der Waals surface area contributed by atoms with Crippen LogP contribution in [0.1, 0.15) is 16.9 Å². The molecule has 0 radical (unpaired) electrons. The van der Waals surface area contributed by atoms with Crippen molar-refractivity contribution in [2.24, 2.45) is 0 Å². The molecule has 154 valence electrons. The maximum absolute atomic E-state index is 13.6. The second kappa shape index (κ2) is 9.59. The predicted octanol–water partition coefficient (Wildman–Crippen LogP) is 4.95. The van der Waals surface area contributed by atoms with E-state index in [2.05, 4.69) is 0 Å². The molecule has 0 unspecified atom stereocenters. The zero-order chi connectivity index (χ0) is 20.8. The number of methoxy groups -OCH3 is 1. The van der Waals surface area contributed by atoms with Gasteiger partial charge in [-0.3, -0.25) is 4.79 Å². The van der Waals surface area contributed by atoms with Gasteiger partial charge in [0, 0.05) is 12.3 Å². The van der Waals surface area contributed by atoms with E-state index in [1.165, 1.54) is 0 Å². The highest BCUT2D eigenvalue weighted by Crippen LogP contribution is 2.35. The highest BCUT2D eigenvalue weighted by atomic mass is 32.2. The Morgan fingerprint density at radius 2 is 1.83 bits per heavy atom. The maximum Gasteiger partial charge on any atom is 0.290 e. The van der Waals surface area contributed by atoms with Crippen molar-refractivity contribution in [1.82, 2.24) is 4.90 Å². The molecule has 5 nitrogen and oxygen atoms in total. The standard InChI is InChI=1S/C24H23NO4S/c1-27-20-11-9-18(10-12-20)16-25(17-21-8-5-13-28-21)24(26)22-23(30-15-14-29-22)19-6-3-2-4-7-19/h2-13H,14-17H2,1H3. The molecule has 0 saturated carbocycles. The Balaban J connectivity index is 1.65. The number of carbonyl (C=O) groups excluding carboxylic acids is 1. The van der Waals surface area contributed by atoms with Crippen molar-refractivity contribution in [3.05, 3.63) is 95.6 Å². The van der Waals surface area contributed by atoms with Crippen LogP contribution in [0.3, 0.4) is 0 Å². The normalized spacial score (nSPS) is 13.6. The molecule has 6 heteroatoms. The first kappa shape index (κ1) is 20.2. The summed E-state index contributed by atoms with van der Waals surface area (Å²) < 4.78 is 16.6. The highest BCUT2D eigenvalue weighted by molar-refractivity contribution is 8.08. The molecule has 4 rings (SSSR count). The van der Waals surface area contributed by atoms with Gasteiger partial charge in [0.05, 0.1) is 31.4 Å². The van der Waals surface area contributed by atoms with Gasteiger partial charge < -0.3 is 18.8 Å². The van der Waals surface area contributed by atoms with Gasteiger partial charge in [0.25, 0.3) is 5.91 Å². The summed E-state index contributed by atoms with van der Waals surface area (Å²) in [5, 5.41) is 0. The number of amides is 1. The predicted molar refractivity (Wildman–Crippen MR) is 118 cm³/mol. The number of rotatable bonds is 7. The molecule has 0 atom stereocenters. The van der Waals surface area contributed by atoms with E-state index in [4.69, 9.17) is 13.9 Å². The highest BCUT2D eigenvalue weighted by Gasteiger charge is 2.28. The zero-order valence-corrected chi connectivity index (χ0v) is 17.6. The van der Waals surface area contributed by atoms with Crippen LogP contribution in [0.4, 0.5) is 0 Å². The van der Waals surface area contributed by atoms with E-state index >= 15 is 0 Å². The zero-order valence-electron chi connectivity index (χ0n) is 16.7. The van der Waals surface area contributed by atoms with E-state index in [0.29, 0.717) is 25.5 Å². The first-order chi connectivity index (χ1) is 14.7. The van der Waals surface area contributed by atoms with E-state index in [-0.39, 0.29) is 5.91 Å². The van der Waals surface area contributed by atoms with Crippen LogP contribution in [-0.2, 0) is 22.6 Å². The third-order valence-electron chi connectivity index (χ3n) is 4.76. The molecule has 1 aromatic heterocycles. The molecule has 3 aromatic rings. The van der Waals surface area contributed by atoms with Crippen molar-refractivity contribution in [2.45, 2.75) is 13.1 Å². The summed E-state index contributed by atoms with van der Waals surface area (Å²) in [4.78, 5) is 16.2. The van der Waals surface area contributed by atoms with E-state index in [1.54, 1.807) is 30.0 Å². The van der Waals surface area contributed by atoms with Crippen molar-refractivity contribution in [1.29, 1.82) is 0 Å². The number of benzene rings is 2. The summed E-state index contributed by atoms with van der Waals surface area (Å²) in [5.41, 5.74) is 1.99. The largest absolute Gasteiger partial charge is 0.497 e. The Morgan fingerprint density at radius 1 is 1.03 bits per heavy atom. The summed E-state index contributed by atoms with van der Waals surface area (Å²) in [6, 6.07) is 21.3. The number of carbonyl (C=O) groups is 1. The maximum atomic E-state index is 13.6. The number of hydrogen-bond donors (Lipinski definition) is 0. The van der Waals surface area contributed by atoms with Gasteiger partial charge in [0.15, 0.2) is 5.76 Å². The van der Waals surface area contributed by atoms with E-state index in [0.717, 1.165) is 33.3 Å². The third-order valence-corrected chi connectivity index (χ3v) is 5.84. The lowest BCUT2D eigenvalue weighted by atomic mass is 10.1. The summed E-state index contributed by atoms with van der Waals surface area (Å²) in [7, 11) is 1.64. The molecule has 2 aromatic carbocycles. The van der Waals surface area contributed by atoms with Crippen molar-refractivity contribution < 1.29 is 18.7 Å². The van der Waals surface area contributed by atoms with Crippen LogP contribution in [0.25, 0.3) is 4.91 Å². The molecule has 0 aliphatic carbocycles. The van der Waals surface area contributed by atoms with Gasteiger partial charge in [0.1, 0.15) is 11.5 Å². The molecule has 1 amide bonds. The minimum absolute atomic E-state index is 0.145. The Hall–Kier alpha value is -3.12. The third kappa shape index (κ3) is 4.71. The molecule has 0 spiro atoms. The molecule has 0 fully saturated rings. The monoisotopic (exact) mass is 421 g/mol. The average Bonchev–Trinajstić information content (AvgIpc) is 3.32. The van der Waals surface area contributed by atoms with Gasteiger partial charge in [-0.05, 0) is 35.4 Å². The van der Waals surface area contributed by atoms with Crippen LogP contribution >= 0.6 is 11.8 Å². The second-order valence-corrected chi connectivity index (χ2v) is 7.92. The Bertz CT molecular complexity index is 997. The summed E-state index contributed by atoms with van der Waals surface area (Å²) >= 11 is 1.66.